The van der Waals surface area contributed by atoms with Crippen LogP contribution in [0.4, 0.5) is 0 Å². The SMILES string of the molecule is CCCCCCCCCCCCCCCC(=O)NN(CCC)CCCO. The van der Waals surface area contributed by atoms with Gasteiger partial charge in [0.25, 0.3) is 0 Å². The van der Waals surface area contributed by atoms with E-state index >= 15 is 0 Å². The van der Waals surface area contributed by atoms with Crippen LogP contribution in [0.3, 0.4) is 0 Å². The Morgan fingerprint density at radius 2 is 1.19 bits per heavy atom. The first-order valence-electron chi connectivity index (χ1n) is 11.4. The van der Waals surface area contributed by atoms with Crippen molar-refractivity contribution in [3.8, 4) is 0 Å². The van der Waals surface area contributed by atoms with Crippen LogP contribution < -0.4 is 5.43 Å². The number of amides is 1. The lowest BCUT2D eigenvalue weighted by atomic mass is 10.0. The summed E-state index contributed by atoms with van der Waals surface area (Å²) in [7, 11) is 0. The van der Waals surface area contributed by atoms with Crippen LogP contribution in [0.1, 0.15) is 117 Å². The fourth-order valence-electron chi connectivity index (χ4n) is 3.29. The summed E-state index contributed by atoms with van der Waals surface area (Å²) in [5, 5.41) is 10.9. The van der Waals surface area contributed by atoms with Crippen molar-refractivity contribution < 1.29 is 9.90 Å². The van der Waals surface area contributed by atoms with E-state index in [1.807, 2.05) is 5.01 Å². The number of aliphatic hydroxyl groups is 1. The van der Waals surface area contributed by atoms with Crippen LogP contribution in [0.5, 0.6) is 0 Å². The Kier molecular flexibility index (Phi) is 20.2. The Balaban J connectivity index is 3.38. The smallest absolute Gasteiger partial charge is 0.234 e. The molecule has 0 radical (unpaired) electrons. The number of hydrogen-bond acceptors (Lipinski definition) is 3. The van der Waals surface area contributed by atoms with Crippen LogP contribution in [0, 0.1) is 0 Å². The number of carbonyl (C=O) groups excluding carboxylic acids is 1. The van der Waals surface area contributed by atoms with E-state index in [2.05, 4.69) is 19.3 Å². The van der Waals surface area contributed by atoms with Crippen molar-refractivity contribution in [3.05, 3.63) is 0 Å². The molecule has 4 nitrogen and oxygen atoms in total. The molecule has 0 rings (SSSR count). The molecule has 0 fully saturated rings. The molecule has 0 aliphatic rings. The summed E-state index contributed by atoms with van der Waals surface area (Å²) in [5.41, 5.74) is 2.98. The van der Waals surface area contributed by atoms with Gasteiger partial charge in [0.1, 0.15) is 0 Å². The standard InChI is InChI=1S/C22H46N2O2/c1-3-5-6-7-8-9-10-11-12-13-14-15-16-18-22(26)23-24(19-4-2)20-17-21-25/h25H,3-21H2,1-2H3,(H,23,26). The minimum Gasteiger partial charge on any atom is -0.396 e. The van der Waals surface area contributed by atoms with Gasteiger partial charge in [0.05, 0.1) is 0 Å². The third-order valence-corrected chi connectivity index (χ3v) is 4.87. The topological polar surface area (TPSA) is 52.6 Å². The van der Waals surface area contributed by atoms with E-state index in [1.54, 1.807) is 0 Å². The number of aliphatic hydroxyl groups excluding tert-OH is 1. The van der Waals surface area contributed by atoms with Crippen molar-refractivity contribution in [3.63, 3.8) is 0 Å². The number of nitrogens with zero attached hydrogens (tertiary/aromatic N) is 1. The Bertz CT molecular complexity index is 298. The molecule has 0 saturated carbocycles. The Morgan fingerprint density at radius 3 is 1.65 bits per heavy atom. The highest BCUT2D eigenvalue weighted by atomic mass is 16.3. The van der Waals surface area contributed by atoms with Gasteiger partial charge < -0.3 is 5.11 Å². The number of unbranched alkanes of at least 4 members (excludes halogenated alkanes) is 12. The lowest BCUT2D eigenvalue weighted by molar-refractivity contribution is -0.126. The van der Waals surface area contributed by atoms with Crippen molar-refractivity contribution >= 4 is 5.91 Å². The number of nitrogens with one attached hydrogen (secondary N) is 1. The summed E-state index contributed by atoms with van der Waals surface area (Å²) >= 11 is 0. The molecule has 0 aromatic rings. The molecule has 0 heterocycles. The Labute approximate surface area is 163 Å². The van der Waals surface area contributed by atoms with E-state index in [9.17, 15) is 4.79 Å². The third-order valence-electron chi connectivity index (χ3n) is 4.87. The zero-order valence-corrected chi connectivity index (χ0v) is 17.7. The second kappa shape index (κ2) is 20.7. The van der Waals surface area contributed by atoms with Crippen molar-refractivity contribution in [2.45, 2.75) is 117 Å². The van der Waals surface area contributed by atoms with Gasteiger partial charge in [-0.15, -0.1) is 0 Å². The molecule has 26 heavy (non-hydrogen) atoms. The van der Waals surface area contributed by atoms with Gasteiger partial charge >= 0.3 is 0 Å². The third kappa shape index (κ3) is 18.2. The molecule has 2 N–H and O–H groups in total. The summed E-state index contributed by atoms with van der Waals surface area (Å²) in [5.74, 6) is 0.125. The first kappa shape index (κ1) is 25.4. The summed E-state index contributed by atoms with van der Waals surface area (Å²) in [6.45, 7) is 6.13. The van der Waals surface area contributed by atoms with Crippen LogP contribution >= 0.6 is 0 Å². The number of hydrazine groups is 1. The van der Waals surface area contributed by atoms with Crippen LogP contribution in [0.15, 0.2) is 0 Å². The lowest BCUT2D eigenvalue weighted by Crippen LogP contribution is -2.43. The molecule has 156 valence electrons. The van der Waals surface area contributed by atoms with Crippen LogP contribution in [-0.4, -0.2) is 35.7 Å². The number of rotatable bonds is 20. The quantitative estimate of drug-likeness (QED) is 0.217. The van der Waals surface area contributed by atoms with E-state index in [1.165, 1.54) is 70.6 Å². The second-order valence-electron chi connectivity index (χ2n) is 7.59. The van der Waals surface area contributed by atoms with E-state index in [-0.39, 0.29) is 12.5 Å². The van der Waals surface area contributed by atoms with Crippen LogP contribution in [0.2, 0.25) is 0 Å². The monoisotopic (exact) mass is 370 g/mol. The van der Waals surface area contributed by atoms with Gasteiger partial charge in [-0.25, -0.2) is 5.01 Å². The zero-order valence-electron chi connectivity index (χ0n) is 17.7. The van der Waals surface area contributed by atoms with Gasteiger partial charge in [0, 0.05) is 26.1 Å². The normalized spacial score (nSPS) is 11.2. The first-order chi connectivity index (χ1) is 12.7. The fraction of sp³-hybridized carbons (Fsp3) is 0.955. The maximum Gasteiger partial charge on any atom is 0.234 e. The van der Waals surface area contributed by atoms with Gasteiger partial charge in [-0.05, 0) is 19.3 Å². The molecule has 0 aliphatic carbocycles. The van der Waals surface area contributed by atoms with Crippen LogP contribution in [-0.2, 0) is 4.79 Å². The summed E-state index contributed by atoms with van der Waals surface area (Å²) < 4.78 is 0. The van der Waals surface area contributed by atoms with Gasteiger partial charge in [0.15, 0.2) is 0 Å². The summed E-state index contributed by atoms with van der Waals surface area (Å²) in [6, 6.07) is 0. The van der Waals surface area contributed by atoms with E-state index < -0.39 is 0 Å². The molecular weight excluding hydrogens is 324 g/mol. The molecule has 0 unspecified atom stereocenters. The Hall–Kier alpha value is -0.610. The largest absolute Gasteiger partial charge is 0.396 e. The predicted octanol–water partition coefficient (Wildman–Crippen LogP) is 5.59. The molecule has 0 atom stereocenters. The summed E-state index contributed by atoms with van der Waals surface area (Å²) in [6.07, 6.45) is 19.6. The highest BCUT2D eigenvalue weighted by Gasteiger charge is 2.07. The van der Waals surface area contributed by atoms with E-state index in [4.69, 9.17) is 5.11 Å². The molecule has 0 saturated heterocycles. The molecule has 0 aromatic carbocycles. The molecular formula is C22H46N2O2. The molecule has 1 amide bonds. The molecule has 0 bridgehead atoms. The van der Waals surface area contributed by atoms with Crippen molar-refractivity contribution in [1.29, 1.82) is 0 Å². The molecule has 0 aliphatic heterocycles. The lowest BCUT2D eigenvalue weighted by Gasteiger charge is -2.22. The first-order valence-corrected chi connectivity index (χ1v) is 11.4. The molecule has 0 spiro atoms. The predicted molar refractivity (Wildman–Crippen MR) is 112 cm³/mol. The highest BCUT2D eigenvalue weighted by Crippen LogP contribution is 2.12. The molecule has 4 heteroatoms. The fourth-order valence-corrected chi connectivity index (χ4v) is 3.29. The van der Waals surface area contributed by atoms with Crippen molar-refractivity contribution in [2.24, 2.45) is 0 Å². The van der Waals surface area contributed by atoms with E-state index in [0.29, 0.717) is 12.8 Å². The maximum absolute atomic E-state index is 12.0. The molecule has 0 aromatic heterocycles. The van der Waals surface area contributed by atoms with Gasteiger partial charge in [0.2, 0.25) is 5.91 Å². The number of hydrogen-bond donors (Lipinski definition) is 2. The number of carbonyl (C=O) groups is 1. The maximum atomic E-state index is 12.0. The zero-order chi connectivity index (χ0) is 19.3. The second-order valence-corrected chi connectivity index (χ2v) is 7.59. The Morgan fingerprint density at radius 1 is 0.692 bits per heavy atom. The average molecular weight is 371 g/mol. The van der Waals surface area contributed by atoms with Gasteiger partial charge in [-0.3, -0.25) is 10.2 Å². The highest BCUT2D eigenvalue weighted by molar-refractivity contribution is 5.75. The summed E-state index contributed by atoms with van der Waals surface area (Å²) in [4.78, 5) is 12.0. The van der Waals surface area contributed by atoms with Gasteiger partial charge in [-0.2, -0.15) is 0 Å². The van der Waals surface area contributed by atoms with Crippen LogP contribution in [0.25, 0.3) is 0 Å². The van der Waals surface area contributed by atoms with Crippen molar-refractivity contribution in [1.82, 2.24) is 10.4 Å². The van der Waals surface area contributed by atoms with E-state index in [0.717, 1.165) is 32.4 Å². The van der Waals surface area contributed by atoms with Gasteiger partial charge in [-0.1, -0.05) is 90.9 Å². The average Bonchev–Trinajstić information content (AvgIpc) is 2.63. The minimum atomic E-state index is 0.125. The minimum absolute atomic E-state index is 0.125. The van der Waals surface area contributed by atoms with Crippen molar-refractivity contribution in [2.75, 3.05) is 19.7 Å².